The molecule has 0 fully saturated rings. The molecule has 0 radical (unpaired) electrons. The molecule has 4 aromatic rings. The first-order chi connectivity index (χ1) is 11.2. The molecule has 1 atom stereocenters. The summed E-state index contributed by atoms with van der Waals surface area (Å²) in [5, 5.41) is 9.40. The maximum absolute atomic E-state index is 9.40. The average Bonchev–Trinajstić information content (AvgIpc) is 3.13. The summed E-state index contributed by atoms with van der Waals surface area (Å²) in [6.07, 6.45) is 0. The molecule has 0 bridgehead atoms. The van der Waals surface area contributed by atoms with Crippen LogP contribution in [0.3, 0.4) is 0 Å². The van der Waals surface area contributed by atoms with Crippen LogP contribution in [-0.2, 0) is 7.05 Å². The van der Waals surface area contributed by atoms with Gasteiger partial charge in [0.25, 0.3) is 0 Å². The fourth-order valence-corrected chi connectivity index (χ4v) is 3.16. The summed E-state index contributed by atoms with van der Waals surface area (Å²) in [6, 6.07) is 20.7. The number of hydrogen-bond donors (Lipinski definition) is 0. The molecule has 2 aromatic heterocycles. The topological polar surface area (TPSA) is 46.0 Å². The summed E-state index contributed by atoms with van der Waals surface area (Å²) in [5.41, 5.74) is 5.22. The number of para-hydroxylation sites is 2. The Bertz CT molecular complexity index is 1050. The molecule has 0 aliphatic carbocycles. The number of nitriles is 1. The van der Waals surface area contributed by atoms with Crippen molar-refractivity contribution >= 4 is 16.7 Å². The van der Waals surface area contributed by atoms with Crippen molar-refractivity contribution in [2.24, 2.45) is 7.05 Å². The summed E-state index contributed by atoms with van der Waals surface area (Å²) >= 11 is 0. The zero-order valence-electron chi connectivity index (χ0n) is 13.1. The van der Waals surface area contributed by atoms with Crippen molar-refractivity contribution in [1.82, 2.24) is 14.0 Å². The summed E-state index contributed by atoms with van der Waals surface area (Å²) in [6.45, 7) is 1.89. The van der Waals surface area contributed by atoms with Gasteiger partial charge >= 0.3 is 0 Å². The van der Waals surface area contributed by atoms with Crippen LogP contribution in [0, 0.1) is 11.3 Å². The van der Waals surface area contributed by atoms with Crippen LogP contribution in [0.2, 0.25) is 0 Å². The molecule has 112 valence electrons. The minimum atomic E-state index is -0.272. The molecule has 0 aliphatic rings. The monoisotopic (exact) mass is 300 g/mol. The van der Waals surface area contributed by atoms with Crippen LogP contribution in [0.1, 0.15) is 18.7 Å². The molecule has 23 heavy (non-hydrogen) atoms. The lowest BCUT2D eigenvalue weighted by Crippen LogP contribution is -1.97. The fraction of sp³-hybridized carbons (Fsp3) is 0.158. The van der Waals surface area contributed by atoms with Crippen LogP contribution in [0.25, 0.3) is 27.9 Å². The number of benzene rings is 2. The number of aryl methyl sites for hydroxylation is 1. The van der Waals surface area contributed by atoms with Gasteiger partial charge in [-0.15, -0.1) is 0 Å². The number of imidazole rings is 2. The summed E-state index contributed by atoms with van der Waals surface area (Å²) in [7, 11) is 2.05. The lowest BCUT2D eigenvalue weighted by Gasteiger charge is -2.01. The highest BCUT2D eigenvalue weighted by Gasteiger charge is 2.22. The average molecular weight is 300 g/mol. The molecule has 0 N–H and O–H groups in total. The molecule has 0 aliphatic heterocycles. The summed E-state index contributed by atoms with van der Waals surface area (Å²) in [4.78, 5) is 4.82. The molecule has 1 unspecified atom stereocenters. The number of aromatic nitrogens is 3. The zero-order valence-corrected chi connectivity index (χ0v) is 13.1. The Morgan fingerprint density at radius 3 is 2.35 bits per heavy atom. The van der Waals surface area contributed by atoms with E-state index >= 15 is 0 Å². The molecule has 0 spiro atoms. The van der Waals surface area contributed by atoms with Crippen molar-refractivity contribution < 1.29 is 0 Å². The van der Waals surface area contributed by atoms with Gasteiger partial charge in [-0.1, -0.05) is 42.5 Å². The van der Waals surface area contributed by atoms with Gasteiger partial charge < -0.3 is 4.57 Å². The molecule has 0 amide bonds. The fourth-order valence-electron chi connectivity index (χ4n) is 3.16. The molecule has 0 saturated heterocycles. The zero-order chi connectivity index (χ0) is 16.0. The molecule has 4 rings (SSSR count). The second-order valence-corrected chi connectivity index (χ2v) is 5.74. The maximum atomic E-state index is 9.40. The predicted molar refractivity (Wildman–Crippen MR) is 91.1 cm³/mol. The van der Waals surface area contributed by atoms with Gasteiger partial charge in [-0.3, -0.25) is 4.40 Å². The molecule has 2 heterocycles. The molecule has 4 nitrogen and oxygen atoms in total. The van der Waals surface area contributed by atoms with Crippen LogP contribution >= 0.6 is 0 Å². The summed E-state index contributed by atoms with van der Waals surface area (Å²) < 4.78 is 4.27. The van der Waals surface area contributed by atoms with E-state index in [9.17, 15) is 5.26 Å². The first kappa shape index (κ1) is 13.6. The number of fused-ring (bicyclic) bond motifs is 3. The van der Waals surface area contributed by atoms with Gasteiger partial charge in [0.05, 0.1) is 17.1 Å². The van der Waals surface area contributed by atoms with Crippen LogP contribution in [0.5, 0.6) is 0 Å². The van der Waals surface area contributed by atoms with E-state index in [4.69, 9.17) is 4.98 Å². The second-order valence-electron chi connectivity index (χ2n) is 5.74. The summed E-state index contributed by atoms with van der Waals surface area (Å²) in [5.74, 6) is 0.518. The van der Waals surface area contributed by atoms with Crippen molar-refractivity contribution in [1.29, 1.82) is 5.26 Å². The Kier molecular flexibility index (Phi) is 2.95. The Morgan fingerprint density at radius 1 is 1.00 bits per heavy atom. The highest BCUT2D eigenvalue weighted by Crippen LogP contribution is 2.32. The molecule has 2 aromatic carbocycles. The first-order valence-electron chi connectivity index (χ1n) is 7.63. The highest BCUT2D eigenvalue weighted by molar-refractivity contribution is 5.88. The van der Waals surface area contributed by atoms with Crippen molar-refractivity contribution in [3.05, 3.63) is 60.4 Å². The number of hydrogen-bond acceptors (Lipinski definition) is 2. The van der Waals surface area contributed by atoms with Crippen LogP contribution in [0.4, 0.5) is 0 Å². The Morgan fingerprint density at radius 2 is 1.65 bits per heavy atom. The van der Waals surface area contributed by atoms with E-state index in [-0.39, 0.29) is 5.92 Å². The Labute approximate surface area is 134 Å². The standard InChI is InChI=1S/C19H16N4/c1-13(12-20)18-21-17(14-8-4-3-5-9-14)19-22(2)15-10-6-7-11-16(15)23(18)19/h3-11,13H,1-2H3. The lowest BCUT2D eigenvalue weighted by atomic mass is 10.1. The minimum Gasteiger partial charge on any atom is -0.327 e. The third-order valence-electron chi connectivity index (χ3n) is 4.31. The van der Waals surface area contributed by atoms with E-state index < -0.39 is 0 Å². The smallest absolute Gasteiger partial charge is 0.146 e. The third-order valence-corrected chi connectivity index (χ3v) is 4.31. The maximum Gasteiger partial charge on any atom is 0.146 e. The lowest BCUT2D eigenvalue weighted by molar-refractivity contribution is 0.859. The quantitative estimate of drug-likeness (QED) is 0.559. The van der Waals surface area contributed by atoms with Gasteiger partial charge in [0, 0.05) is 12.6 Å². The predicted octanol–water partition coefficient (Wildman–Crippen LogP) is 4.12. The van der Waals surface area contributed by atoms with Crippen molar-refractivity contribution in [2.45, 2.75) is 12.8 Å². The van der Waals surface area contributed by atoms with Gasteiger partial charge in [0.1, 0.15) is 23.1 Å². The van der Waals surface area contributed by atoms with Gasteiger partial charge in [-0.25, -0.2) is 4.98 Å². The molecular formula is C19H16N4. The molecule has 0 saturated carbocycles. The Hall–Kier alpha value is -3.06. The molecular weight excluding hydrogens is 284 g/mol. The highest BCUT2D eigenvalue weighted by atomic mass is 15.2. The van der Waals surface area contributed by atoms with Crippen LogP contribution in [-0.4, -0.2) is 14.0 Å². The van der Waals surface area contributed by atoms with E-state index in [0.29, 0.717) is 0 Å². The normalized spacial score (nSPS) is 12.6. The molecule has 4 heteroatoms. The first-order valence-corrected chi connectivity index (χ1v) is 7.63. The number of nitrogens with zero attached hydrogens (tertiary/aromatic N) is 4. The second kappa shape index (κ2) is 4.99. The van der Waals surface area contributed by atoms with E-state index in [2.05, 4.69) is 39.3 Å². The van der Waals surface area contributed by atoms with Crippen LogP contribution in [0.15, 0.2) is 54.6 Å². The van der Waals surface area contributed by atoms with E-state index in [1.165, 1.54) is 0 Å². The number of rotatable bonds is 2. The van der Waals surface area contributed by atoms with Gasteiger partial charge in [0.2, 0.25) is 0 Å². The van der Waals surface area contributed by atoms with Crippen molar-refractivity contribution in [2.75, 3.05) is 0 Å². The Balaban J connectivity index is 2.19. The van der Waals surface area contributed by atoms with Crippen molar-refractivity contribution in [3.8, 4) is 17.3 Å². The van der Waals surface area contributed by atoms with E-state index in [1.807, 2.05) is 44.3 Å². The van der Waals surface area contributed by atoms with Gasteiger partial charge in [-0.2, -0.15) is 5.26 Å². The third kappa shape index (κ3) is 1.87. The van der Waals surface area contributed by atoms with Gasteiger partial charge in [-0.05, 0) is 19.1 Å². The minimum absolute atomic E-state index is 0.272. The van der Waals surface area contributed by atoms with Gasteiger partial charge in [0.15, 0.2) is 0 Å². The van der Waals surface area contributed by atoms with E-state index in [1.54, 1.807) is 0 Å². The van der Waals surface area contributed by atoms with E-state index in [0.717, 1.165) is 33.8 Å². The SMILES string of the molecule is CC(C#N)c1nc(-c2ccccc2)c2n(C)c3ccccc3n12. The van der Waals surface area contributed by atoms with Crippen molar-refractivity contribution in [3.63, 3.8) is 0 Å². The van der Waals surface area contributed by atoms with Crippen LogP contribution < -0.4 is 0 Å². The largest absolute Gasteiger partial charge is 0.327 e.